The fourth-order valence-electron chi connectivity index (χ4n) is 2.82. The smallest absolute Gasteiger partial charge is 0.0949 e. The summed E-state index contributed by atoms with van der Waals surface area (Å²) in [4.78, 5) is 6.74. The highest BCUT2D eigenvalue weighted by atomic mass is 15.2. The third-order valence-electron chi connectivity index (χ3n) is 4.02. The quantitative estimate of drug-likeness (QED) is 0.851. The highest BCUT2D eigenvalue weighted by Crippen LogP contribution is 2.24. The summed E-state index contributed by atoms with van der Waals surface area (Å²) < 4.78 is 2.18. The van der Waals surface area contributed by atoms with Gasteiger partial charge in [-0.1, -0.05) is 44.2 Å². The molecule has 4 nitrogen and oxygen atoms in total. The van der Waals surface area contributed by atoms with Gasteiger partial charge in [-0.05, 0) is 25.6 Å². The molecule has 4 heteroatoms. The molecule has 0 amide bonds. The zero-order valence-electron chi connectivity index (χ0n) is 13.2. The first-order valence-corrected chi connectivity index (χ1v) is 7.71. The van der Waals surface area contributed by atoms with E-state index in [0.717, 1.165) is 25.3 Å². The Kier molecular flexibility index (Phi) is 5.53. The molecule has 2 atom stereocenters. The number of benzene rings is 1. The van der Waals surface area contributed by atoms with Gasteiger partial charge in [0.2, 0.25) is 0 Å². The van der Waals surface area contributed by atoms with E-state index >= 15 is 0 Å². The summed E-state index contributed by atoms with van der Waals surface area (Å²) in [7, 11) is 0. The molecule has 1 unspecified atom stereocenters. The van der Waals surface area contributed by atoms with E-state index in [9.17, 15) is 0 Å². The van der Waals surface area contributed by atoms with Gasteiger partial charge in [0.15, 0.2) is 0 Å². The first kappa shape index (κ1) is 15.7. The van der Waals surface area contributed by atoms with Gasteiger partial charge in [-0.2, -0.15) is 0 Å². The van der Waals surface area contributed by atoms with Gasteiger partial charge in [0.25, 0.3) is 0 Å². The Morgan fingerprint density at radius 2 is 1.86 bits per heavy atom. The van der Waals surface area contributed by atoms with Crippen LogP contribution in [0.15, 0.2) is 42.9 Å². The van der Waals surface area contributed by atoms with Gasteiger partial charge in [0.1, 0.15) is 0 Å². The molecule has 2 rings (SSSR count). The predicted molar refractivity (Wildman–Crippen MR) is 86.9 cm³/mol. The largest absolute Gasteiger partial charge is 0.331 e. The normalized spacial score (nSPS) is 14.3. The molecule has 0 aliphatic rings. The molecule has 0 fully saturated rings. The zero-order valence-corrected chi connectivity index (χ0v) is 13.2. The van der Waals surface area contributed by atoms with Crippen LogP contribution in [-0.2, 0) is 6.54 Å². The molecule has 0 saturated carbocycles. The zero-order chi connectivity index (χ0) is 15.2. The van der Waals surface area contributed by atoms with E-state index in [4.69, 9.17) is 5.73 Å². The van der Waals surface area contributed by atoms with E-state index in [1.165, 1.54) is 5.56 Å². The monoisotopic (exact) mass is 286 g/mol. The van der Waals surface area contributed by atoms with Crippen molar-refractivity contribution in [2.75, 3.05) is 13.1 Å². The fraction of sp³-hybridized carbons (Fsp3) is 0.471. The third-order valence-corrected chi connectivity index (χ3v) is 4.02. The first-order valence-electron chi connectivity index (χ1n) is 7.71. The number of nitrogens with zero attached hydrogens (tertiary/aromatic N) is 3. The van der Waals surface area contributed by atoms with Crippen molar-refractivity contribution in [2.24, 2.45) is 5.73 Å². The Labute approximate surface area is 127 Å². The summed E-state index contributed by atoms with van der Waals surface area (Å²) in [6, 6.07) is 11.0. The number of hydrogen-bond acceptors (Lipinski definition) is 3. The fourth-order valence-corrected chi connectivity index (χ4v) is 2.82. The molecule has 0 spiro atoms. The molecule has 1 heterocycles. The van der Waals surface area contributed by atoms with Crippen molar-refractivity contribution in [1.29, 1.82) is 0 Å². The van der Waals surface area contributed by atoms with Crippen LogP contribution in [0.4, 0.5) is 0 Å². The molecule has 21 heavy (non-hydrogen) atoms. The van der Waals surface area contributed by atoms with Crippen molar-refractivity contribution in [3.63, 3.8) is 0 Å². The second-order valence-electron chi connectivity index (χ2n) is 5.41. The Hall–Kier alpha value is -1.65. The van der Waals surface area contributed by atoms with Gasteiger partial charge in [0.05, 0.1) is 18.1 Å². The van der Waals surface area contributed by atoms with Crippen LogP contribution < -0.4 is 5.73 Å². The van der Waals surface area contributed by atoms with Crippen molar-refractivity contribution in [3.8, 4) is 0 Å². The molecule has 0 bridgehead atoms. The molecular weight excluding hydrogens is 260 g/mol. The molecule has 114 valence electrons. The van der Waals surface area contributed by atoms with Gasteiger partial charge in [-0.15, -0.1) is 0 Å². The van der Waals surface area contributed by atoms with Crippen LogP contribution in [0.5, 0.6) is 0 Å². The minimum atomic E-state index is 0.000580. The number of likely N-dealkylation sites (N-methyl/N-ethyl adjacent to an activating group) is 1. The van der Waals surface area contributed by atoms with Gasteiger partial charge in [-0.25, -0.2) is 4.98 Å². The van der Waals surface area contributed by atoms with Gasteiger partial charge in [0, 0.05) is 18.8 Å². The summed E-state index contributed by atoms with van der Waals surface area (Å²) in [6.07, 6.45) is 3.76. The molecule has 0 radical (unpaired) electrons. The standard InChI is InChI=1S/C17H26N4/c1-4-20(5-2)17(15-9-7-6-8-10-15)12-21-13-19-11-16(21)14(3)18/h6-11,13-14,17H,4-5,12,18H2,1-3H3/t14-,17?/m0/s1. The van der Waals surface area contributed by atoms with E-state index in [0.29, 0.717) is 6.04 Å². The summed E-state index contributed by atoms with van der Waals surface area (Å²) >= 11 is 0. The average molecular weight is 286 g/mol. The van der Waals surface area contributed by atoms with E-state index < -0.39 is 0 Å². The van der Waals surface area contributed by atoms with Crippen LogP contribution in [0.1, 0.15) is 44.1 Å². The lowest BCUT2D eigenvalue weighted by atomic mass is 10.0. The average Bonchev–Trinajstić information content (AvgIpc) is 2.97. The van der Waals surface area contributed by atoms with Crippen molar-refractivity contribution < 1.29 is 0 Å². The summed E-state index contributed by atoms with van der Waals surface area (Å²) in [5, 5.41) is 0. The lowest BCUT2D eigenvalue weighted by molar-refractivity contribution is 0.196. The first-order chi connectivity index (χ1) is 10.2. The van der Waals surface area contributed by atoms with Crippen LogP contribution >= 0.6 is 0 Å². The Morgan fingerprint density at radius 1 is 1.19 bits per heavy atom. The summed E-state index contributed by atoms with van der Waals surface area (Å²) in [5.74, 6) is 0. The number of aromatic nitrogens is 2. The van der Waals surface area contributed by atoms with Gasteiger partial charge >= 0.3 is 0 Å². The second-order valence-corrected chi connectivity index (χ2v) is 5.41. The molecule has 0 aliphatic heterocycles. The topological polar surface area (TPSA) is 47.1 Å². The highest BCUT2D eigenvalue weighted by Gasteiger charge is 2.20. The molecule has 2 N–H and O–H groups in total. The Balaban J connectivity index is 2.30. The van der Waals surface area contributed by atoms with Crippen molar-refractivity contribution in [3.05, 3.63) is 54.1 Å². The summed E-state index contributed by atoms with van der Waals surface area (Å²) in [6.45, 7) is 9.35. The van der Waals surface area contributed by atoms with E-state index in [1.807, 2.05) is 19.4 Å². The van der Waals surface area contributed by atoms with Crippen LogP contribution in [-0.4, -0.2) is 27.5 Å². The van der Waals surface area contributed by atoms with Crippen LogP contribution in [0, 0.1) is 0 Å². The molecular formula is C17H26N4. The maximum absolute atomic E-state index is 6.04. The SMILES string of the molecule is CCN(CC)C(Cn1cncc1[C@H](C)N)c1ccccc1. The molecule has 1 aromatic carbocycles. The minimum absolute atomic E-state index is 0.000580. The Morgan fingerprint density at radius 3 is 2.43 bits per heavy atom. The molecule has 2 aromatic rings. The lowest BCUT2D eigenvalue weighted by Gasteiger charge is -2.31. The van der Waals surface area contributed by atoms with E-state index in [1.54, 1.807) is 0 Å². The van der Waals surface area contributed by atoms with Gasteiger partial charge < -0.3 is 10.3 Å². The second kappa shape index (κ2) is 7.38. The van der Waals surface area contributed by atoms with Crippen LogP contribution in [0.3, 0.4) is 0 Å². The third kappa shape index (κ3) is 3.71. The number of nitrogens with two attached hydrogens (primary N) is 1. The lowest BCUT2D eigenvalue weighted by Crippen LogP contribution is -2.32. The molecule has 0 aliphatic carbocycles. The maximum atomic E-state index is 6.04. The molecule has 0 saturated heterocycles. The van der Waals surface area contributed by atoms with Crippen molar-refractivity contribution in [1.82, 2.24) is 14.5 Å². The van der Waals surface area contributed by atoms with E-state index in [-0.39, 0.29) is 6.04 Å². The van der Waals surface area contributed by atoms with Crippen molar-refractivity contribution >= 4 is 0 Å². The highest BCUT2D eigenvalue weighted by molar-refractivity contribution is 5.19. The van der Waals surface area contributed by atoms with Crippen molar-refractivity contribution in [2.45, 2.75) is 39.4 Å². The predicted octanol–water partition coefficient (Wildman–Crippen LogP) is 2.99. The van der Waals surface area contributed by atoms with Crippen LogP contribution in [0.25, 0.3) is 0 Å². The maximum Gasteiger partial charge on any atom is 0.0949 e. The molecule has 1 aromatic heterocycles. The number of hydrogen-bond donors (Lipinski definition) is 1. The number of rotatable bonds is 7. The van der Waals surface area contributed by atoms with Gasteiger partial charge in [-0.3, -0.25) is 4.90 Å². The minimum Gasteiger partial charge on any atom is -0.331 e. The van der Waals surface area contributed by atoms with Crippen LogP contribution in [0.2, 0.25) is 0 Å². The number of imidazole rings is 1. The summed E-state index contributed by atoms with van der Waals surface area (Å²) in [5.41, 5.74) is 8.46. The van der Waals surface area contributed by atoms with E-state index in [2.05, 4.69) is 58.6 Å². The Bertz CT molecular complexity index is 529.